The van der Waals surface area contributed by atoms with Crippen LogP contribution < -0.4 is 15.4 Å². The summed E-state index contributed by atoms with van der Waals surface area (Å²) in [6.07, 6.45) is -2.68. The number of alkyl halides is 3. The van der Waals surface area contributed by atoms with Gasteiger partial charge in [0.15, 0.2) is 11.6 Å². The molecule has 0 radical (unpaired) electrons. The zero-order valence-electron chi connectivity index (χ0n) is 23.1. The van der Waals surface area contributed by atoms with Gasteiger partial charge in [-0.2, -0.15) is 14.6 Å². The number of nitrogens with one attached hydrogen (secondary N) is 2. The summed E-state index contributed by atoms with van der Waals surface area (Å²) in [5.41, 5.74) is 3.22. The predicted molar refractivity (Wildman–Crippen MR) is 143 cm³/mol. The Bertz CT molecular complexity index is 1750. The molecule has 5 rings (SSSR count). The van der Waals surface area contributed by atoms with Crippen molar-refractivity contribution < 1.29 is 36.7 Å². The van der Waals surface area contributed by atoms with Crippen molar-refractivity contribution in [3.63, 3.8) is 0 Å². The van der Waals surface area contributed by atoms with E-state index >= 15 is 0 Å². The van der Waals surface area contributed by atoms with Gasteiger partial charge in [0, 0.05) is 32.3 Å². The molecule has 2 aromatic carbocycles. The van der Waals surface area contributed by atoms with Crippen LogP contribution in [-0.2, 0) is 13.0 Å². The van der Waals surface area contributed by atoms with E-state index in [4.69, 9.17) is 0 Å². The van der Waals surface area contributed by atoms with Crippen LogP contribution in [0.5, 0.6) is 5.75 Å². The van der Waals surface area contributed by atoms with E-state index in [0.717, 1.165) is 28.8 Å². The molecule has 0 saturated carbocycles. The van der Waals surface area contributed by atoms with Crippen molar-refractivity contribution in [2.45, 2.75) is 38.7 Å². The number of hydrogen-bond donors (Lipinski definition) is 2. The molecular weight excluding hydrogens is 574 g/mol. The average Bonchev–Trinajstić information content (AvgIpc) is 3.59. The molecule has 224 valence electrons. The van der Waals surface area contributed by atoms with Gasteiger partial charge in [0.25, 0.3) is 23.5 Å². The number of halogens is 4. The fourth-order valence-corrected chi connectivity index (χ4v) is 4.96. The summed E-state index contributed by atoms with van der Waals surface area (Å²) in [7, 11) is 3.36. The topological polar surface area (TPSA) is 131 Å². The molecule has 15 heteroatoms. The SMILES string of the molecule is Cc1c(C(=O)N(C)C)ccc2c1CC[C@@H]2NC(=O)c1cc(C(=O)NCc2ccc(F)c(OC(F)(F)F)c2)nc2ncnn12. The Hall–Kier alpha value is -5.08. The Kier molecular flexibility index (Phi) is 7.73. The second kappa shape index (κ2) is 11.3. The predicted octanol–water partition coefficient (Wildman–Crippen LogP) is 3.52. The summed E-state index contributed by atoms with van der Waals surface area (Å²) in [6.45, 7) is 1.59. The van der Waals surface area contributed by atoms with E-state index in [2.05, 4.69) is 30.4 Å². The van der Waals surface area contributed by atoms with Crippen LogP contribution in [0.25, 0.3) is 5.78 Å². The largest absolute Gasteiger partial charge is 0.573 e. The van der Waals surface area contributed by atoms with Crippen LogP contribution in [-0.4, -0.2) is 62.7 Å². The van der Waals surface area contributed by atoms with Crippen molar-refractivity contribution in [3.8, 4) is 5.75 Å². The summed E-state index contributed by atoms with van der Waals surface area (Å²) in [6, 6.07) is 7.22. The van der Waals surface area contributed by atoms with Gasteiger partial charge in [0.05, 0.1) is 6.04 Å². The molecule has 4 aromatic rings. The van der Waals surface area contributed by atoms with E-state index in [-0.39, 0.29) is 41.2 Å². The molecule has 0 bridgehead atoms. The highest BCUT2D eigenvalue weighted by atomic mass is 19.4. The van der Waals surface area contributed by atoms with E-state index in [9.17, 15) is 31.9 Å². The smallest absolute Gasteiger partial charge is 0.403 e. The second-order valence-corrected chi connectivity index (χ2v) is 10.1. The highest BCUT2D eigenvalue weighted by Crippen LogP contribution is 2.35. The Morgan fingerprint density at radius 2 is 1.88 bits per heavy atom. The quantitative estimate of drug-likeness (QED) is 0.311. The molecule has 0 saturated heterocycles. The molecule has 0 fully saturated rings. The van der Waals surface area contributed by atoms with Gasteiger partial charge < -0.3 is 20.3 Å². The maximum Gasteiger partial charge on any atom is 0.573 e. The molecule has 43 heavy (non-hydrogen) atoms. The molecule has 3 amide bonds. The van der Waals surface area contributed by atoms with Crippen molar-refractivity contribution in [2.75, 3.05) is 14.1 Å². The van der Waals surface area contributed by atoms with E-state index in [1.807, 2.05) is 13.0 Å². The molecule has 0 unspecified atom stereocenters. The molecule has 0 aliphatic heterocycles. The minimum atomic E-state index is -5.09. The van der Waals surface area contributed by atoms with Crippen molar-refractivity contribution in [1.82, 2.24) is 35.1 Å². The summed E-state index contributed by atoms with van der Waals surface area (Å²) >= 11 is 0. The van der Waals surface area contributed by atoms with Gasteiger partial charge in [-0.15, -0.1) is 13.2 Å². The number of carbonyl (C=O) groups excluding carboxylic acids is 3. The lowest BCUT2D eigenvalue weighted by molar-refractivity contribution is -0.275. The maximum absolute atomic E-state index is 13.7. The molecular formula is C28H25F4N7O4. The summed E-state index contributed by atoms with van der Waals surface area (Å²) in [5.74, 6) is -3.71. The van der Waals surface area contributed by atoms with Crippen LogP contribution in [0, 0.1) is 12.7 Å². The first-order valence-electron chi connectivity index (χ1n) is 13.0. The van der Waals surface area contributed by atoms with Crippen molar-refractivity contribution in [2.24, 2.45) is 0 Å². The van der Waals surface area contributed by atoms with E-state index in [0.29, 0.717) is 18.4 Å². The number of hydrogen-bond acceptors (Lipinski definition) is 7. The number of ether oxygens (including phenoxy) is 1. The van der Waals surface area contributed by atoms with Crippen LogP contribution in [0.3, 0.4) is 0 Å². The zero-order chi connectivity index (χ0) is 31.1. The third-order valence-electron chi connectivity index (χ3n) is 7.03. The molecule has 1 aliphatic carbocycles. The van der Waals surface area contributed by atoms with Gasteiger partial charge in [0.1, 0.15) is 17.7 Å². The first kappa shape index (κ1) is 29.4. The van der Waals surface area contributed by atoms with Gasteiger partial charge in [-0.1, -0.05) is 12.1 Å². The first-order valence-corrected chi connectivity index (χ1v) is 13.0. The van der Waals surface area contributed by atoms with Crippen LogP contribution in [0.2, 0.25) is 0 Å². The summed E-state index contributed by atoms with van der Waals surface area (Å²) in [4.78, 5) is 48.5. The number of benzene rings is 2. The Morgan fingerprint density at radius 3 is 2.60 bits per heavy atom. The minimum Gasteiger partial charge on any atom is -0.403 e. The Labute approximate surface area is 241 Å². The highest BCUT2D eigenvalue weighted by molar-refractivity contribution is 5.98. The lowest BCUT2D eigenvalue weighted by Gasteiger charge is -2.18. The molecule has 2 heterocycles. The Morgan fingerprint density at radius 1 is 1.12 bits per heavy atom. The van der Waals surface area contributed by atoms with Crippen LogP contribution >= 0.6 is 0 Å². The fourth-order valence-electron chi connectivity index (χ4n) is 4.96. The number of fused-ring (bicyclic) bond motifs is 2. The first-order chi connectivity index (χ1) is 20.3. The third-order valence-corrected chi connectivity index (χ3v) is 7.03. The lowest BCUT2D eigenvalue weighted by Crippen LogP contribution is -2.31. The van der Waals surface area contributed by atoms with Crippen LogP contribution in [0.15, 0.2) is 42.7 Å². The molecule has 1 aliphatic rings. The summed E-state index contributed by atoms with van der Waals surface area (Å²) in [5, 5.41) is 9.47. The monoisotopic (exact) mass is 599 g/mol. The molecule has 1 atom stereocenters. The standard InChI is InChI=1S/C28H25F4N7O4/c1-14-16-7-9-20(18(16)6-5-17(14)26(42)38(2)3)36-25(41)22-11-21(37-27-34-13-35-39(22)27)24(40)33-12-15-4-8-19(29)23(10-15)43-28(30,31)32/h4-6,8,10-11,13,20H,7,9,12H2,1-3H3,(H,33,40)(H,36,41)/t20-/m0/s1. The van der Waals surface area contributed by atoms with Crippen molar-refractivity contribution in [1.29, 1.82) is 0 Å². The van der Waals surface area contributed by atoms with E-state index < -0.39 is 29.7 Å². The normalized spacial score (nSPS) is 14.3. The number of amides is 3. The lowest BCUT2D eigenvalue weighted by atomic mass is 9.97. The third kappa shape index (κ3) is 6.10. The number of rotatable bonds is 7. The van der Waals surface area contributed by atoms with Gasteiger partial charge in [-0.3, -0.25) is 14.4 Å². The summed E-state index contributed by atoms with van der Waals surface area (Å²) < 4.78 is 56.3. The minimum absolute atomic E-state index is 0.0279. The number of carbonyl (C=O) groups is 3. The van der Waals surface area contributed by atoms with Gasteiger partial charge in [0.2, 0.25) is 0 Å². The molecule has 2 N–H and O–H groups in total. The Balaban J connectivity index is 1.34. The molecule has 11 nitrogen and oxygen atoms in total. The van der Waals surface area contributed by atoms with Gasteiger partial charge in [-0.05, 0) is 60.2 Å². The van der Waals surface area contributed by atoms with E-state index in [1.54, 1.807) is 20.2 Å². The second-order valence-electron chi connectivity index (χ2n) is 10.1. The highest BCUT2D eigenvalue weighted by Gasteiger charge is 2.33. The molecule has 0 spiro atoms. The van der Waals surface area contributed by atoms with Crippen LogP contribution in [0.4, 0.5) is 17.6 Å². The van der Waals surface area contributed by atoms with Gasteiger partial charge >= 0.3 is 6.36 Å². The maximum atomic E-state index is 13.7. The van der Waals surface area contributed by atoms with Crippen LogP contribution in [0.1, 0.15) is 66.1 Å². The zero-order valence-corrected chi connectivity index (χ0v) is 23.1. The average molecular weight is 600 g/mol. The van der Waals surface area contributed by atoms with Crippen molar-refractivity contribution >= 4 is 23.5 Å². The number of aromatic nitrogens is 4. The van der Waals surface area contributed by atoms with Crippen molar-refractivity contribution in [3.05, 3.63) is 87.7 Å². The molecule has 2 aromatic heterocycles. The van der Waals surface area contributed by atoms with E-state index in [1.165, 1.54) is 27.9 Å². The fraction of sp³-hybridized carbons (Fsp3) is 0.286. The van der Waals surface area contributed by atoms with Gasteiger partial charge in [-0.25, -0.2) is 9.37 Å². The number of nitrogens with zero attached hydrogens (tertiary/aromatic N) is 5.